The highest BCUT2D eigenvalue weighted by molar-refractivity contribution is 5.92. The highest BCUT2D eigenvalue weighted by Crippen LogP contribution is 2.14. The Bertz CT molecular complexity index is 1020. The Kier molecular flexibility index (Phi) is 6.63. The van der Waals surface area contributed by atoms with Crippen LogP contribution in [0.5, 0.6) is 0 Å². The zero-order valence-electron chi connectivity index (χ0n) is 15.5. The summed E-state index contributed by atoms with van der Waals surface area (Å²) in [6.07, 6.45) is 1.31. The molecule has 148 valence electrons. The summed E-state index contributed by atoms with van der Waals surface area (Å²) in [6.45, 7) is 0.0590. The van der Waals surface area contributed by atoms with Gasteiger partial charge in [0.2, 0.25) is 11.8 Å². The lowest BCUT2D eigenvalue weighted by Crippen LogP contribution is -2.26. The highest BCUT2D eigenvalue weighted by Gasteiger charge is 2.12. The number of nitrogens with one attached hydrogen (secondary N) is 2. The summed E-state index contributed by atoms with van der Waals surface area (Å²) in [7, 11) is 0. The fourth-order valence-corrected chi connectivity index (χ4v) is 2.76. The van der Waals surface area contributed by atoms with Gasteiger partial charge in [0.05, 0.1) is 30.8 Å². The molecule has 0 bridgehead atoms. The van der Waals surface area contributed by atoms with E-state index in [0.717, 1.165) is 0 Å². The number of benzene rings is 2. The van der Waals surface area contributed by atoms with Crippen molar-refractivity contribution in [1.82, 2.24) is 10.3 Å². The van der Waals surface area contributed by atoms with E-state index < -0.39 is 17.5 Å². The van der Waals surface area contributed by atoms with Gasteiger partial charge in [-0.05, 0) is 35.4 Å². The minimum absolute atomic E-state index is 0.0590. The van der Waals surface area contributed by atoms with Gasteiger partial charge in [0.1, 0.15) is 11.6 Å². The largest absolute Gasteiger partial charge is 0.350 e. The van der Waals surface area contributed by atoms with Crippen LogP contribution in [0.2, 0.25) is 0 Å². The number of pyridine rings is 1. The SMILES string of the molecule is O=C(Cc1ccccc1F)NCc1ncccc1NC(=O)Cc1ccccc1F. The molecule has 2 aromatic carbocycles. The molecular weight excluding hydrogens is 376 g/mol. The van der Waals surface area contributed by atoms with Crippen molar-refractivity contribution in [3.63, 3.8) is 0 Å². The van der Waals surface area contributed by atoms with Crippen molar-refractivity contribution in [2.24, 2.45) is 0 Å². The minimum atomic E-state index is -0.450. The van der Waals surface area contributed by atoms with Crippen LogP contribution < -0.4 is 10.6 Å². The normalized spacial score (nSPS) is 10.4. The zero-order chi connectivity index (χ0) is 20.6. The quantitative estimate of drug-likeness (QED) is 0.644. The second kappa shape index (κ2) is 9.54. The molecule has 1 aromatic heterocycles. The number of hydrogen-bond acceptors (Lipinski definition) is 3. The molecule has 29 heavy (non-hydrogen) atoms. The van der Waals surface area contributed by atoms with Crippen molar-refractivity contribution < 1.29 is 18.4 Å². The Labute approximate surface area is 166 Å². The Morgan fingerprint density at radius 2 is 1.38 bits per heavy atom. The fourth-order valence-electron chi connectivity index (χ4n) is 2.76. The summed E-state index contributed by atoms with van der Waals surface area (Å²) in [6, 6.07) is 15.4. The molecule has 1 heterocycles. The maximum atomic E-state index is 13.7. The van der Waals surface area contributed by atoms with E-state index in [1.54, 1.807) is 48.5 Å². The summed E-state index contributed by atoms with van der Waals surface area (Å²) in [5, 5.41) is 5.36. The lowest BCUT2D eigenvalue weighted by Gasteiger charge is -2.11. The van der Waals surface area contributed by atoms with Crippen LogP contribution in [0, 0.1) is 11.6 Å². The van der Waals surface area contributed by atoms with Crippen LogP contribution >= 0.6 is 0 Å². The van der Waals surface area contributed by atoms with E-state index in [2.05, 4.69) is 15.6 Å². The zero-order valence-corrected chi connectivity index (χ0v) is 15.5. The molecule has 2 N–H and O–H groups in total. The van der Waals surface area contributed by atoms with E-state index >= 15 is 0 Å². The third-order valence-electron chi connectivity index (χ3n) is 4.24. The number of aromatic nitrogens is 1. The molecule has 7 heteroatoms. The molecule has 3 aromatic rings. The summed E-state index contributed by atoms with van der Waals surface area (Å²) < 4.78 is 27.4. The maximum Gasteiger partial charge on any atom is 0.228 e. The predicted octanol–water partition coefficient (Wildman–Crippen LogP) is 3.40. The number of nitrogens with zero attached hydrogens (tertiary/aromatic N) is 1. The first-order chi connectivity index (χ1) is 14.0. The van der Waals surface area contributed by atoms with E-state index in [-0.39, 0.29) is 30.9 Å². The smallest absolute Gasteiger partial charge is 0.228 e. The number of amides is 2. The minimum Gasteiger partial charge on any atom is -0.350 e. The Balaban J connectivity index is 1.60. The monoisotopic (exact) mass is 395 g/mol. The molecule has 0 saturated carbocycles. The summed E-state index contributed by atoms with van der Waals surface area (Å²) in [5.74, 6) is -1.66. The molecule has 0 atom stereocenters. The second-order valence-corrected chi connectivity index (χ2v) is 6.36. The first-order valence-electron chi connectivity index (χ1n) is 9.00. The van der Waals surface area contributed by atoms with Crippen molar-refractivity contribution in [1.29, 1.82) is 0 Å². The van der Waals surface area contributed by atoms with Gasteiger partial charge >= 0.3 is 0 Å². The first kappa shape index (κ1) is 20.1. The summed E-state index contributed by atoms with van der Waals surface area (Å²) >= 11 is 0. The van der Waals surface area contributed by atoms with Crippen LogP contribution in [0.3, 0.4) is 0 Å². The van der Waals surface area contributed by atoms with Crippen LogP contribution in [-0.4, -0.2) is 16.8 Å². The van der Waals surface area contributed by atoms with Crippen molar-refractivity contribution >= 4 is 17.5 Å². The molecule has 0 aliphatic heterocycles. The van der Waals surface area contributed by atoms with Crippen molar-refractivity contribution in [3.05, 3.63) is 95.3 Å². The summed E-state index contributed by atoms with van der Waals surface area (Å²) in [4.78, 5) is 28.6. The van der Waals surface area contributed by atoms with E-state index in [4.69, 9.17) is 0 Å². The average Bonchev–Trinajstić information content (AvgIpc) is 2.71. The molecule has 5 nitrogen and oxygen atoms in total. The standard InChI is InChI=1S/C22H19F2N3O2/c23-17-8-3-1-6-15(17)12-21(28)26-14-20-19(10-5-11-25-20)27-22(29)13-16-7-2-4-9-18(16)24/h1-11H,12-14H2,(H,26,28)(H,27,29). The fraction of sp³-hybridized carbons (Fsp3) is 0.136. The lowest BCUT2D eigenvalue weighted by atomic mass is 10.1. The second-order valence-electron chi connectivity index (χ2n) is 6.36. The van der Waals surface area contributed by atoms with Gasteiger partial charge in [0.15, 0.2) is 0 Å². The number of rotatable bonds is 7. The van der Waals surface area contributed by atoms with Gasteiger partial charge in [-0.15, -0.1) is 0 Å². The molecule has 0 fully saturated rings. The van der Waals surface area contributed by atoms with Gasteiger partial charge in [-0.1, -0.05) is 36.4 Å². The van der Waals surface area contributed by atoms with E-state index in [1.807, 2.05) is 0 Å². The van der Waals surface area contributed by atoms with Crippen LogP contribution in [0.4, 0.5) is 14.5 Å². The Morgan fingerprint density at radius 3 is 2.00 bits per heavy atom. The van der Waals surface area contributed by atoms with Crippen molar-refractivity contribution in [2.45, 2.75) is 19.4 Å². The Morgan fingerprint density at radius 1 is 0.793 bits per heavy atom. The molecule has 0 aliphatic carbocycles. The molecule has 0 spiro atoms. The van der Waals surface area contributed by atoms with Gasteiger partial charge in [-0.2, -0.15) is 0 Å². The molecule has 0 saturated heterocycles. The lowest BCUT2D eigenvalue weighted by molar-refractivity contribution is -0.120. The van der Waals surface area contributed by atoms with Crippen LogP contribution in [0.25, 0.3) is 0 Å². The average molecular weight is 395 g/mol. The van der Waals surface area contributed by atoms with E-state index in [1.165, 1.54) is 18.3 Å². The third-order valence-corrected chi connectivity index (χ3v) is 4.24. The van der Waals surface area contributed by atoms with Crippen LogP contribution in [0.1, 0.15) is 16.8 Å². The molecule has 0 unspecified atom stereocenters. The number of hydrogen-bond donors (Lipinski definition) is 2. The first-order valence-corrected chi connectivity index (χ1v) is 9.00. The third kappa shape index (κ3) is 5.68. The topological polar surface area (TPSA) is 71.1 Å². The van der Waals surface area contributed by atoms with Gasteiger partial charge in [-0.25, -0.2) is 8.78 Å². The van der Waals surface area contributed by atoms with Crippen LogP contribution in [-0.2, 0) is 29.0 Å². The van der Waals surface area contributed by atoms with Crippen molar-refractivity contribution in [2.75, 3.05) is 5.32 Å². The van der Waals surface area contributed by atoms with Crippen LogP contribution in [0.15, 0.2) is 66.9 Å². The van der Waals surface area contributed by atoms with Crippen molar-refractivity contribution in [3.8, 4) is 0 Å². The summed E-state index contributed by atoms with van der Waals surface area (Å²) in [5.41, 5.74) is 1.44. The molecular formula is C22H19F2N3O2. The molecule has 2 amide bonds. The molecule has 0 aliphatic rings. The number of anilines is 1. The maximum absolute atomic E-state index is 13.7. The van der Waals surface area contributed by atoms with E-state index in [0.29, 0.717) is 16.9 Å². The molecule has 0 radical (unpaired) electrons. The van der Waals surface area contributed by atoms with E-state index in [9.17, 15) is 18.4 Å². The van der Waals surface area contributed by atoms with Gasteiger partial charge < -0.3 is 10.6 Å². The Hall–Kier alpha value is -3.61. The number of halogens is 2. The highest BCUT2D eigenvalue weighted by atomic mass is 19.1. The molecule has 3 rings (SSSR count). The van der Waals surface area contributed by atoms with Gasteiger partial charge in [0.25, 0.3) is 0 Å². The number of carbonyl (C=O) groups is 2. The van der Waals surface area contributed by atoms with Gasteiger partial charge in [0, 0.05) is 6.20 Å². The number of carbonyl (C=O) groups excluding carboxylic acids is 2. The predicted molar refractivity (Wildman–Crippen MR) is 105 cm³/mol. The van der Waals surface area contributed by atoms with Gasteiger partial charge in [-0.3, -0.25) is 14.6 Å².